The van der Waals surface area contributed by atoms with Gasteiger partial charge in [0.2, 0.25) is 5.91 Å². The van der Waals surface area contributed by atoms with Crippen molar-refractivity contribution < 1.29 is 14.0 Å². The number of benzene rings is 2. The monoisotopic (exact) mass is 440 g/mol. The Bertz CT molecular complexity index is 1010. The number of hydrogen-bond donors (Lipinski definition) is 1. The van der Waals surface area contributed by atoms with Gasteiger partial charge in [-0.3, -0.25) is 9.59 Å². The highest BCUT2D eigenvalue weighted by Crippen LogP contribution is 2.42. The van der Waals surface area contributed by atoms with Crippen molar-refractivity contribution in [2.45, 2.75) is 17.8 Å². The second-order valence-electron chi connectivity index (χ2n) is 6.98. The molecule has 0 bridgehead atoms. The van der Waals surface area contributed by atoms with Crippen LogP contribution in [0.5, 0.6) is 0 Å². The van der Waals surface area contributed by atoms with Crippen LogP contribution in [-0.4, -0.2) is 35.1 Å². The van der Waals surface area contributed by atoms with Crippen molar-refractivity contribution in [3.63, 3.8) is 0 Å². The lowest BCUT2D eigenvalue weighted by Gasteiger charge is -2.28. The van der Waals surface area contributed by atoms with Gasteiger partial charge in [0.15, 0.2) is 0 Å². The van der Waals surface area contributed by atoms with Gasteiger partial charge in [-0.1, -0.05) is 54.1 Å². The molecule has 0 spiro atoms. The lowest BCUT2D eigenvalue weighted by Crippen LogP contribution is -2.48. The summed E-state index contributed by atoms with van der Waals surface area (Å²) in [5, 5.41) is 3.05. The van der Waals surface area contributed by atoms with Crippen molar-refractivity contribution >= 4 is 35.2 Å². The molecule has 0 radical (unpaired) electrons. The van der Waals surface area contributed by atoms with Crippen LogP contribution in [0.3, 0.4) is 0 Å². The molecule has 7 heteroatoms. The minimum Gasteiger partial charge on any atom is -0.472 e. The maximum Gasteiger partial charge on any atom is 0.257 e. The van der Waals surface area contributed by atoms with Crippen LogP contribution in [0.1, 0.15) is 26.9 Å². The van der Waals surface area contributed by atoms with E-state index in [1.54, 1.807) is 53.5 Å². The molecule has 154 valence electrons. The lowest BCUT2D eigenvalue weighted by atomic mass is 10.1. The smallest absolute Gasteiger partial charge is 0.257 e. The maximum absolute atomic E-state index is 13.4. The first-order valence-corrected chi connectivity index (χ1v) is 11.1. The molecule has 2 heterocycles. The molecule has 4 rings (SSSR count). The fourth-order valence-electron chi connectivity index (χ4n) is 3.49. The van der Waals surface area contributed by atoms with E-state index in [9.17, 15) is 9.59 Å². The average Bonchev–Trinajstić information content (AvgIpc) is 3.44. The average molecular weight is 441 g/mol. The molecule has 2 aromatic carbocycles. The molecule has 1 aliphatic heterocycles. The Morgan fingerprint density at radius 3 is 2.60 bits per heavy atom. The van der Waals surface area contributed by atoms with Crippen molar-refractivity contribution in [1.29, 1.82) is 0 Å². The number of rotatable bonds is 6. The summed E-state index contributed by atoms with van der Waals surface area (Å²) in [7, 11) is 0. The van der Waals surface area contributed by atoms with E-state index in [1.165, 1.54) is 0 Å². The zero-order chi connectivity index (χ0) is 20.9. The minimum atomic E-state index is -0.588. The SMILES string of the molecule is O=C(NCCc1ccccc1)C1CSC(c2ccoc2)N1C(=O)c1ccccc1Cl. The number of hydrogen-bond acceptors (Lipinski definition) is 4. The number of thioether (sulfide) groups is 1. The Kier molecular flexibility index (Phi) is 6.45. The first-order chi connectivity index (χ1) is 14.6. The van der Waals surface area contributed by atoms with Crippen LogP contribution >= 0.6 is 23.4 Å². The van der Waals surface area contributed by atoms with Gasteiger partial charge in [0.25, 0.3) is 5.91 Å². The van der Waals surface area contributed by atoms with E-state index in [0.717, 1.165) is 17.5 Å². The molecule has 1 N–H and O–H groups in total. The van der Waals surface area contributed by atoms with Crippen molar-refractivity contribution in [3.8, 4) is 0 Å². The topological polar surface area (TPSA) is 62.6 Å². The summed E-state index contributed by atoms with van der Waals surface area (Å²) in [6, 6.07) is 18.1. The molecule has 2 unspecified atom stereocenters. The summed E-state index contributed by atoms with van der Waals surface area (Å²) in [4.78, 5) is 28.0. The van der Waals surface area contributed by atoms with E-state index in [1.807, 2.05) is 36.4 Å². The van der Waals surface area contributed by atoms with Crippen LogP contribution in [0, 0.1) is 0 Å². The molecule has 1 saturated heterocycles. The summed E-state index contributed by atoms with van der Waals surface area (Å²) in [5.74, 6) is 0.0771. The molecule has 1 aliphatic rings. The number of furan rings is 1. The van der Waals surface area contributed by atoms with Gasteiger partial charge in [-0.15, -0.1) is 11.8 Å². The van der Waals surface area contributed by atoms with Crippen LogP contribution in [0.4, 0.5) is 0 Å². The van der Waals surface area contributed by atoms with E-state index in [-0.39, 0.29) is 17.2 Å². The van der Waals surface area contributed by atoms with Gasteiger partial charge >= 0.3 is 0 Å². The van der Waals surface area contributed by atoms with Crippen LogP contribution in [-0.2, 0) is 11.2 Å². The lowest BCUT2D eigenvalue weighted by molar-refractivity contribution is -0.124. The number of nitrogens with one attached hydrogen (secondary N) is 1. The number of halogens is 1. The van der Waals surface area contributed by atoms with Crippen LogP contribution in [0.15, 0.2) is 77.6 Å². The summed E-state index contributed by atoms with van der Waals surface area (Å²) in [6.45, 7) is 0.508. The maximum atomic E-state index is 13.4. The van der Waals surface area contributed by atoms with E-state index >= 15 is 0 Å². The van der Waals surface area contributed by atoms with E-state index < -0.39 is 6.04 Å². The molecular weight excluding hydrogens is 420 g/mol. The van der Waals surface area contributed by atoms with Crippen molar-refractivity contribution in [1.82, 2.24) is 10.2 Å². The summed E-state index contributed by atoms with van der Waals surface area (Å²) in [5.41, 5.74) is 2.39. The highest BCUT2D eigenvalue weighted by atomic mass is 35.5. The summed E-state index contributed by atoms with van der Waals surface area (Å²) >= 11 is 7.82. The number of carbonyl (C=O) groups excluding carboxylic acids is 2. The van der Waals surface area contributed by atoms with Crippen molar-refractivity contribution in [2.24, 2.45) is 0 Å². The van der Waals surface area contributed by atoms with Crippen LogP contribution in [0.2, 0.25) is 5.02 Å². The van der Waals surface area contributed by atoms with Gasteiger partial charge in [-0.25, -0.2) is 0 Å². The Hall–Kier alpha value is -2.70. The van der Waals surface area contributed by atoms with Crippen molar-refractivity contribution in [2.75, 3.05) is 12.3 Å². The van der Waals surface area contributed by atoms with Crippen LogP contribution < -0.4 is 5.32 Å². The summed E-state index contributed by atoms with van der Waals surface area (Å²) in [6.07, 6.45) is 3.91. The fourth-order valence-corrected chi connectivity index (χ4v) is 5.12. The molecule has 0 aliphatic carbocycles. The first-order valence-electron chi connectivity index (χ1n) is 9.67. The highest BCUT2D eigenvalue weighted by molar-refractivity contribution is 7.99. The predicted molar refractivity (Wildman–Crippen MR) is 118 cm³/mol. The Morgan fingerprint density at radius 2 is 1.87 bits per heavy atom. The molecule has 3 aromatic rings. The van der Waals surface area contributed by atoms with E-state index in [2.05, 4.69) is 5.32 Å². The number of nitrogens with zero attached hydrogens (tertiary/aromatic N) is 1. The Morgan fingerprint density at radius 1 is 1.10 bits per heavy atom. The normalized spacial score (nSPS) is 18.4. The van der Waals surface area contributed by atoms with Crippen LogP contribution in [0.25, 0.3) is 0 Å². The largest absolute Gasteiger partial charge is 0.472 e. The third-order valence-electron chi connectivity index (χ3n) is 5.03. The van der Waals surface area contributed by atoms with E-state index in [0.29, 0.717) is 22.9 Å². The molecule has 2 amide bonds. The van der Waals surface area contributed by atoms with Gasteiger partial charge in [0.05, 0.1) is 23.1 Å². The standard InChI is InChI=1S/C23H21ClN2O3S/c24-19-9-5-4-8-18(19)22(28)26-20(15-30-23(26)17-11-13-29-14-17)21(27)25-12-10-16-6-2-1-3-7-16/h1-9,11,13-14,20,23H,10,12,15H2,(H,25,27). The molecule has 5 nitrogen and oxygen atoms in total. The second-order valence-corrected chi connectivity index (χ2v) is 8.50. The minimum absolute atomic E-state index is 0.162. The Labute approximate surface area is 184 Å². The second kappa shape index (κ2) is 9.41. The zero-order valence-electron chi connectivity index (χ0n) is 16.2. The third-order valence-corrected chi connectivity index (χ3v) is 6.68. The highest BCUT2D eigenvalue weighted by Gasteiger charge is 2.43. The quantitative estimate of drug-likeness (QED) is 0.610. The number of amides is 2. The predicted octanol–water partition coefficient (Wildman–Crippen LogP) is 4.55. The van der Waals surface area contributed by atoms with Gasteiger partial charge in [0, 0.05) is 17.9 Å². The van der Waals surface area contributed by atoms with Crippen molar-refractivity contribution in [3.05, 3.63) is 94.9 Å². The third kappa shape index (κ3) is 4.40. The summed E-state index contributed by atoms with van der Waals surface area (Å²) < 4.78 is 5.22. The molecule has 1 fully saturated rings. The van der Waals surface area contributed by atoms with Gasteiger partial charge in [-0.2, -0.15) is 0 Å². The molecule has 0 saturated carbocycles. The molecule has 1 aromatic heterocycles. The molecule has 2 atom stereocenters. The van der Waals surface area contributed by atoms with Gasteiger partial charge < -0.3 is 14.6 Å². The van der Waals surface area contributed by atoms with Gasteiger partial charge in [-0.05, 0) is 30.2 Å². The first kappa shape index (κ1) is 20.6. The number of carbonyl (C=O) groups is 2. The fraction of sp³-hybridized carbons (Fsp3) is 0.217. The van der Waals surface area contributed by atoms with E-state index in [4.69, 9.17) is 16.0 Å². The van der Waals surface area contributed by atoms with Gasteiger partial charge in [0.1, 0.15) is 11.4 Å². The Balaban J connectivity index is 1.52. The zero-order valence-corrected chi connectivity index (χ0v) is 17.7. The molecule has 30 heavy (non-hydrogen) atoms. The molecular formula is C23H21ClN2O3S.